The first kappa shape index (κ1) is 19.5. The molecule has 1 saturated carbocycles. The maximum Gasteiger partial charge on any atom is 0.416 e. The van der Waals surface area contributed by atoms with Gasteiger partial charge >= 0.3 is 6.18 Å². The van der Waals surface area contributed by atoms with Gasteiger partial charge in [-0.15, -0.1) is 5.10 Å². The lowest BCUT2D eigenvalue weighted by Crippen LogP contribution is -2.24. The van der Waals surface area contributed by atoms with E-state index >= 15 is 0 Å². The number of hydrogen-bond donors (Lipinski definition) is 3. The van der Waals surface area contributed by atoms with Gasteiger partial charge in [-0.25, -0.2) is 0 Å². The van der Waals surface area contributed by atoms with Crippen LogP contribution in [0.15, 0.2) is 42.5 Å². The van der Waals surface area contributed by atoms with E-state index in [0.29, 0.717) is 23.2 Å². The van der Waals surface area contributed by atoms with Crippen molar-refractivity contribution >= 4 is 23.1 Å². The van der Waals surface area contributed by atoms with E-state index in [1.807, 2.05) is 18.2 Å². The minimum Gasteiger partial charge on any atom is -0.393 e. The highest BCUT2D eigenvalue weighted by Gasteiger charge is 2.30. The molecule has 9 heteroatoms. The van der Waals surface area contributed by atoms with Crippen molar-refractivity contribution < 1.29 is 18.3 Å². The van der Waals surface area contributed by atoms with E-state index in [4.69, 9.17) is 0 Å². The quantitative estimate of drug-likeness (QED) is 0.585. The Morgan fingerprint density at radius 3 is 2.45 bits per heavy atom. The van der Waals surface area contributed by atoms with Crippen molar-refractivity contribution in [2.24, 2.45) is 5.92 Å². The molecule has 0 bridgehead atoms. The fourth-order valence-corrected chi connectivity index (χ4v) is 3.56. The van der Waals surface area contributed by atoms with Crippen LogP contribution < -0.4 is 10.6 Å². The third-order valence-electron chi connectivity index (χ3n) is 5.22. The number of fused-ring (bicyclic) bond motifs is 1. The van der Waals surface area contributed by atoms with Crippen molar-refractivity contribution in [3.05, 3.63) is 48.0 Å². The molecule has 3 aromatic rings. The first-order valence-corrected chi connectivity index (χ1v) is 9.60. The van der Waals surface area contributed by atoms with Crippen LogP contribution >= 0.6 is 0 Å². The minimum absolute atomic E-state index is 0.177. The molecule has 3 N–H and O–H groups in total. The van der Waals surface area contributed by atoms with Crippen LogP contribution in [-0.4, -0.2) is 32.4 Å². The summed E-state index contributed by atoms with van der Waals surface area (Å²) in [7, 11) is 0. The van der Waals surface area contributed by atoms with Gasteiger partial charge in [-0.2, -0.15) is 22.7 Å². The van der Waals surface area contributed by atoms with Crippen molar-refractivity contribution in [1.82, 2.24) is 14.6 Å². The van der Waals surface area contributed by atoms with Gasteiger partial charge in [0, 0.05) is 12.2 Å². The molecular weight excluding hydrogens is 383 g/mol. The first-order chi connectivity index (χ1) is 13.9. The molecule has 0 atom stereocenters. The molecule has 1 aromatic carbocycles. The standard InChI is InChI=1S/C20H22F3N5O/c21-20(22,23)14-6-8-15(9-7-14)25-19-26-18-3-1-2-17(28(18)27-19)24-12-13-4-10-16(29)11-5-13/h1-3,6-9,13,16,24,29H,4-5,10-12H2,(H,25,27)/t13-,16+. The Labute approximate surface area is 165 Å². The molecule has 0 spiro atoms. The van der Waals surface area contributed by atoms with Crippen LogP contribution in [0, 0.1) is 5.92 Å². The third-order valence-corrected chi connectivity index (χ3v) is 5.22. The third kappa shape index (κ3) is 4.61. The lowest BCUT2D eigenvalue weighted by Gasteiger charge is -2.25. The van der Waals surface area contributed by atoms with E-state index in [9.17, 15) is 18.3 Å². The molecule has 0 aliphatic heterocycles. The van der Waals surface area contributed by atoms with Crippen LogP contribution in [0.3, 0.4) is 0 Å². The number of alkyl halides is 3. The van der Waals surface area contributed by atoms with Crippen LogP contribution in [0.25, 0.3) is 5.65 Å². The van der Waals surface area contributed by atoms with Crippen LogP contribution in [0.1, 0.15) is 31.2 Å². The second-order valence-corrected chi connectivity index (χ2v) is 7.37. The largest absolute Gasteiger partial charge is 0.416 e. The first-order valence-electron chi connectivity index (χ1n) is 9.60. The predicted molar refractivity (Wildman–Crippen MR) is 104 cm³/mol. The summed E-state index contributed by atoms with van der Waals surface area (Å²) in [6.45, 7) is 0.785. The van der Waals surface area contributed by atoms with Gasteiger partial charge in [0.2, 0.25) is 5.95 Å². The van der Waals surface area contributed by atoms with Crippen molar-refractivity contribution in [3.63, 3.8) is 0 Å². The van der Waals surface area contributed by atoms with Crippen LogP contribution in [0.4, 0.5) is 30.6 Å². The highest BCUT2D eigenvalue weighted by atomic mass is 19.4. The molecule has 0 saturated heterocycles. The lowest BCUT2D eigenvalue weighted by molar-refractivity contribution is -0.137. The number of halogens is 3. The molecule has 1 fully saturated rings. The zero-order valence-corrected chi connectivity index (χ0v) is 15.7. The van der Waals surface area contributed by atoms with Crippen molar-refractivity contribution in [2.75, 3.05) is 17.2 Å². The maximum atomic E-state index is 12.7. The van der Waals surface area contributed by atoms with Gasteiger partial charge in [0.15, 0.2) is 5.65 Å². The zero-order chi connectivity index (χ0) is 20.4. The van der Waals surface area contributed by atoms with Crippen molar-refractivity contribution in [1.29, 1.82) is 0 Å². The van der Waals surface area contributed by atoms with Gasteiger partial charge in [-0.3, -0.25) is 0 Å². The summed E-state index contributed by atoms with van der Waals surface area (Å²) >= 11 is 0. The second kappa shape index (κ2) is 7.90. The van der Waals surface area contributed by atoms with E-state index in [-0.39, 0.29) is 6.10 Å². The van der Waals surface area contributed by atoms with Gasteiger partial charge in [0.05, 0.1) is 11.7 Å². The molecule has 0 unspecified atom stereocenters. The lowest BCUT2D eigenvalue weighted by atomic mass is 9.87. The number of rotatable bonds is 5. The topological polar surface area (TPSA) is 74.5 Å². The van der Waals surface area contributed by atoms with Gasteiger partial charge in [0.1, 0.15) is 5.82 Å². The van der Waals surface area contributed by atoms with E-state index in [1.54, 1.807) is 4.52 Å². The van der Waals surface area contributed by atoms with Crippen molar-refractivity contribution in [3.8, 4) is 0 Å². The summed E-state index contributed by atoms with van der Waals surface area (Å²) in [6, 6.07) is 10.3. The van der Waals surface area contributed by atoms with E-state index in [2.05, 4.69) is 20.7 Å². The van der Waals surface area contributed by atoms with Gasteiger partial charge in [-0.1, -0.05) is 6.07 Å². The number of aliphatic hydroxyl groups excluding tert-OH is 1. The normalized spacial score (nSPS) is 20.0. The van der Waals surface area contributed by atoms with Crippen LogP contribution in [-0.2, 0) is 6.18 Å². The molecular formula is C20H22F3N5O. The Hall–Kier alpha value is -2.81. The molecule has 154 valence electrons. The van der Waals surface area contributed by atoms with Gasteiger partial charge in [-0.05, 0) is 68.0 Å². The molecule has 1 aliphatic rings. The van der Waals surface area contributed by atoms with Gasteiger partial charge < -0.3 is 15.7 Å². The summed E-state index contributed by atoms with van der Waals surface area (Å²) in [6.07, 6.45) is -0.896. The summed E-state index contributed by atoms with van der Waals surface area (Å²) in [5.41, 5.74) is 0.403. The Bertz CT molecular complexity index is 962. The molecule has 6 nitrogen and oxygen atoms in total. The number of aliphatic hydroxyl groups is 1. The molecule has 0 amide bonds. The molecule has 29 heavy (non-hydrogen) atoms. The second-order valence-electron chi connectivity index (χ2n) is 7.37. The Balaban J connectivity index is 1.46. The number of nitrogens with one attached hydrogen (secondary N) is 2. The predicted octanol–water partition coefficient (Wildman–Crippen LogP) is 4.45. The average molecular weight is 405 g/mol. The fraction of sp³-hybridized carbons (Fsp3) is 0.400. The summed E-state index contributed by atoms with van der Waals surface area (Å²) in [4.78, 5) is 4.39. The number of pyridine rings is 1. The Kier molecular flexibility index (Phi) is 5.31. The molecule has 1 aliphatic carbocycles. The van der Waals surface area contributed by atoms with E-state index < -0.39 is 11.7 Å². The SMILES string of the molecule is O[C@H]1CC[C@@H](CNc2cccc3nc(Nc4ccc(C(F)(F)F)cc4)nn23)CC1. The number of hydrogen-bond acceptors (Lipinski definition) is 5. The number of benzene rings is 1. The molecule has 2 aromatic heterocycles. The highest BCUT2D eigenvalue weighted by molar-refractivity contribution is 5.58. The number of nitrogens with zero attached hydrogens (tertiary/aromatic N) is 3. The van der Waals surface area contributed by atoms with Gasteiger partial charge in [0.25, 0.3) is 0 Å². The Morgan fingerprint density at radius 1 is 1.03 bits per heavy atom. The smallest absolute Gasteiger partial charge is 0.393 e. The maximum absolute atomic E-state index is 12.7. The van der Waals surface area contributed by atoms with Crippen LogP contribution in [0.5, 0.6) is 0 Å². The van der Waals surface area contributed by atoms with Crippen LogP contribution in [0.2, 0.25) is 0 Å². The molecule has 4 rings (SSSR count). The fourth-order valence-electron chi connectivity index (χ4n) is 3.56. The number of aromatic nitrogens is 3. The minimum atomic E-state index is -4.36. The number of anilines is 3. The summed E-state index contributed by atoms with van der Waals surface area (Å²) in [5, 5.41) is 20.4. The zero-order valence-electron chi connectivity index (χ0n) is 15.7. The monoisotopic (exact) mass is 405 g/mol. The summed E-state index contributed by atoms with van der Waals surface area (Å²) in [5.74, 6) is 1.60. The van der Waals surface area contributed by atoms with E-state index in [0.717, 1.165) is 50.2 Å². The average Bonchev–Trinajstić information content (AvgIpc) is 3.10. The van der Waals surface area contributed by atoms with Crippen molar-refractivity contribution in [2.45, 2.75) is 38.0 Å². The van der Waals surface area contributed by atoms with E-state index in [1.165, 1.54) is 12.1 Å². The molecule has 2 heterocycles. The molecule has 0 radical (unpaired) electrons. The summed E-state index contributed by atoms with van der Waals surface area (Å²) < 4.78 is 39.7. The Morgan fingerprint density at radius 2 is 1.76 bits per heavy atom. The highest BCUT2D eigenvalue weighted by Crippen LogP contribution is 2.30.